The molecule has 0 aliphatic carbocycles. The van der Waals surface area contributed by atoms with Crippen LogP contribution in [0, 0.1) is 21.4 Å². The van der Waals surface area contributed by atoms with Gasteiger partial charge in [-0.05, 0) is 22.9 Å². The van der Waals surface area contributed by atoms with Crippen LogP contribution >= 0.6 is 11.3 Å². The standard InChI is InChI=1S/C23H15N3O3S/c1-29-22-10-9-18(26(27)28)12-16(22)11-17(13-24)23-25-21(14-30-23)20-8-4-6-15-5-2-3-7-19(15)20/h2-12,14H,1H3. The van der Waals surface area contributed by atoms with Gasteiger partial charge in [0.2, 0.25) is 0 Å². The number of nitriles is 1. The molecule has 0 fully saturated rings. The minimum Gasteiger partial charge on any atom is -0.496 e. The summed E-state index contributed by atoms with van der Waals surface area (Å²) in [7, 11) is 1.48. The molecule has 0 bridgehead atoms. The average molecular weight is 413 g/mol. The van der Waals surface area contributed by atoms with Crippen molar-refractivity contribution in [3.8, 4) is 23.1 Å². The van der Waals surface area contributed by atoms with Crippen LogP contribution in [0.4, 0.5) is 5.69 Å². The Balaban J connectivity index is 1.78. The number of aromatic nitrogens is 1. The van der Waals surface area contributed by atoms with Crippen molar-refractivity contribution in [2.45, 2.75) is 0 Å². The van der Waals surface area contributed by atoms with Gasteiger partial charge in [0, 0.05) is 28.6 Å². The van der Waals surface area contributed by atoms with Gasteiger partial charge in [0.15, 0.2) is 0 Å². The maximum Gasteiger partial charge on any atom is 0.270 e. The zero-order valence-corrected chi connectivity index (χ0v) is 16.7. The smallest absolute Gasteiger partial charge is 0.270 e. The molecule has 0 saturated carbocycles. The highest BCUT2D eigenvalue weighted by Gasteiger charge is 2.14. The molecule has 0 aliphatic heterocycles. The molecule has 0 saturated heterocycles. The number of nitrogens with zero attached hydrogens (tertiary/aromatic N) is 3. The van der Waals surface area contributed by atoms with Gasteiger partial charge in [-0.2, -0.15) is 5.26 Å². The van der Waals surface area contributed by atoms with E-state index in [0.717, 1.165) is 22.0 Å². The molecule has 0 atom stereocenters. The molecule has 30 heavy (non-hydrogen) atoms. The molecule has 0 radical (unpaired) electrons. The Kier molecular flexibility index (Phi) is 5.24. The van der Waals surface area contributed by atoms with Crippen molar-refractivity contribution < 1.29 is 9.66 Å². The second-order valence-electron chi connectivity index (χ2n) is 6.42. The first-order valence-corrected chi connectivity index (χ1v) is 9.87. The first-order chi connectivity index (χ1) is 14.6. The summed E-state index contributed by atoms with van der Waals surface area (Å²) in [5.41, 5.74) is 2.45. The molecule has 4 rings (SSSR count). The Morgan fingerprint density at radius 3 is 2.77 bits per heavy atom. The summed E-state index contributed by atoms with van der Waals surface area (Å²) in [4.78, 5) is 15.3. The van der Waals surface area contributed by atoms with Gasteiger partial charge in [-0.15, -0.1) is 11.3 Å². The number of nitro groups is 1. The van der Waals surface area contributed by atoms with Gasteiger partial charge in [-0.1, -0.05) is 42.5 Å². The van der Waals surface area contributed by atoms with E-state index >= 15 is 0 Å². The average Bonchev–Trinajstić information content (AvgIpc) is 3.26. The molecule has 146 valence electrons. The number of non-ortho nitro benzene ring substituents is 1. The van der Waals surface area contributed by atoms with Crippen molar-refractivity contribution in [1.29, 1.82) is 5.26 Å². The van der Waals surface area contributed by atoms with Crippen LogP contribution < -0.4 is 4.74 Å². The number of allylic oxidation sites excluding steroid dienone is 1. The molecule has 4 aromatic rings. The third-order valence-electron chi connectivity index (χ3n) is 4.64. The predicted molar refractivity (Wildman–Crippen MR) is 118 cm³/mol. The zero-order valence-electron chi connectivity index (χ0n) is 15.9. The number of fused-ring (bicyclic) bond motifs is 1. The van der Waals surface area contributed by atoms with E-state index in [1.54, 1.807) is 6.08 Å². The van der Waals surface area contributed by atoms with Crippen molar-refractivity contribution in [2.75, 3.05) is 7.11 Å². The summed E-state index contributed by atoms with van der Waals surface area (Å²) in [6, 6.07) is 20.5. The van der Waals surface area contributed by atoms with E-state index in [-0.39, 0.29) is 5.69 Å². The Hall–Kier alpha value is -4.02. The van der Waals surface area contributed by atoms with Gasteiger partial charge in [-0.3, -0.25) is 10.1 Å². The van der Waals surface area contributed by atoms with Gasteiger partial charge in [0.05, 0.1) is 23.3 Å². The number of thiazole rings is 1. The Bertz CT molecular complexity index is 1330. The summed E-state index contributed by atoms with van der Waals surface area (Å²) in [6.45, 7) is 0. The third-order valence-corrected chi connectivity index (χ3v) is 5.52. The molecule has 0 spiro atoms. The third kappa shape index (κ3) is 3.64. The summed E-state index contributed by atoms with van der Waals surface area (Å²) >= 11 is 1.35. The molecular formula is C23H15N3O3S. The number of ether oxygens (including phenoxy) is 1. The molecule has 0 aliphatic rings. The van der Waals surface area contributed by atoms with E-state index in [0.29, 0.717) is 21.9 Å². The number of hydrogen-bond donors (Lipinski definition) is 0. The number of methoxy groups -OCH3 is 1. The van der Waals surface area contributed by atoms with Crippen molar-refractivity contribution in [3.63, 3.8) is 0 Å². The van der Waals surface area contributed by atoms with Crippen molar-refractivity contribution in [2.24, 2.45) is 0 Å². The molecule has 6 nitrogen and oxygen atoms in total. The monoisotopic (exact) mass is 413 g/mol. The van der Waals surface area contributed by atoms with Crippen LogP contribution in [0.1, 0.15) is 10.6 Å². The van der Waals surface area contributed by atoms with Gasteiger partial charge < -0.3 is 4.74 Å². The van der Waals surface area contributed by atoms with Gasteiger partial charge >= 0.3 is 0 Å². The fourth-order valence-electron chi connectivity index (χ4n) is 3.22. The van der Waals surface area contributed by atoms with Gasteiger partial charge in [0.25, 0.3) is 5.69 Å². The van der Waals surface area contributed by atoms with Crippen LogP contribution in [-0.4, -0.2) is 17.0 Å². The normalized spacial score (nSPS) is 11.3. The van der Waals surface area contributed by atoms with E-state index in [9.17, 15) is 15.4 Å². The summed E-state index contributed by atoms with van der Waals surface area (Å²) in [5.74, 6) is 0.444. The first-order valence-electron chi connectivity index (χ1n) is 8.99. The molecule has 3 aromatic carbocycles. The molecule has 0 N–H and O–H groups in total. The topological polar surface area (TPSA) is 89.0 Å². The van der Waals surface area contributed by atoms with E-state index in [2.05, 4.69) is 11.1 Å². The minimum absolute atomic E-state index is 0.0741. The van der Waals surface area contributed by atoms with Crippen LogP contribution in [0.5, 0.6) is 5.75 Å². The highest BCUT2D eigenvalue weighted by Crippen LogP contribution is 2.33. The van der Waals surface area contributed by atoms with Gasteiger partial charge in [0.1, 0.15) is 16.8 Å². The number of rotatable bonds is 5. The SMILES string of the molecule is COc1ccc([N+](=O)[O-])cc1C=C(C#N)c1nc(-c2cccc3ccccc23)cs1. The van der Waals surface area contributed by atoms with Gasteiger partial charge in [-0.25, -0.2) is 4.98 Å². The predicted octanol–water partition coefficient (Wildman–Crippen LogP) is 5.94. The molecule has 1 aromatic heterocycles. The molecule has 0 unspecified atom stereocenters. The molecular weight excluding hydrogens is 398 g/mol. The fraction of sp³-hybridized carbons (Fsp3) is 0.0435. The van der Waals surface area contributed by atoms with E-state index < -0.39 is 4.92 Å². The summed E-state index contributed by atoms with van der Waals surface area (Å²) in [5, 5.41) is 25.5. The maximum absolute atomic E-state index is 11.1. The van der Waals surface area contributed by atoms with Crippen molar-refractivity contribution in [1.82, 2.24) is 4.98 Å². The molecule has 0 amide bonds. The first kappa shape index (κ1) is 19.3. The lowest BCUT2D eigenvalue weighted by molar-refractivity contribution is -0.384. The molecule has 1 heterocycles. The highest BCUT2D eigenvalue weighted by molar-refractivity contribution is 7.11. The number of nitro benzene ring substituents is 1. The maximum atomic E-state index is 11.1. The van der Waals surface area contributed by atoms with E-state index in [1.807, 2.05) is 47.8 Å². The van der Waals surface area contributed by atoms with E-state index in [4.69, 9.17) is 4.74 Å². The van der Waals surface area contributed by atoms with Crippen LogP contribution in [0.3, 0.4) is 0 Å². The van der Waals surface area contributed by atoms with Crippen molar-refractivity contribution in [3.05, 3.63) is 86.7 Å². The number of benzene rings is 3. The minimum atomic E-state index is -0.481. The molecule has 7 heteroatoms. The van der Waals surface area contributed by atoms with Crippen LogP contribution in [0.15, 0.2) is 66.0 Å². The van der Waals surface area contributed by atoms with Crippen molar-refractivity contribution >= 4 is 39.4 Å². The van der Waals surface area contributed by atoms with Crippen LogP contribution in [-0.2, 0) is 0 Å². The van der Waals surface area contributed by atoms with E-state index in [1.165, 1.54) is 36.6 Å². The quantitative estimate of drug-likeness (QED) is 0.229. The fourth-order valence-corrected chi connectivity index (χ4v) is 4.00. The lowest BCUT2D eigenvalue weighted by atomic mass is 10.0. The summed E-state index contributed by atoms with van der Waals surface area (Å²) in [6.07, 6.45) is 1.57. The lowest BCUT2D eigenvalue weighted by Crippen LogP contribution is -1.92. The Morgan fingerprint density at radius 1 is 1.20 bits per heavy atom. The highest BCUT2D eigenvalue weighted by atomic mass is 32.1. The zero-order chi connectivity index (χ0) is 21.1. The lowest BCUT2D eigenvalue weighted by Gasteiger charge is -2.05. The van der Waals surface area contributed by atoms with Crippen LogP contribution in [0.2, 0.25) is 0 Å². The summed E-state index contributed by atoms with van der Waals surface area (Å²) < 4.78 is 5.29. The second-order valence-corrected chi connectivity index (χ2v) is 7.28. The van der Waals surface area contributed by atoms with Crippen LogP contribution in [0.25, 0.3) is 33.7 Å². The second kappa shape index (κ2) is 8.15. The largest absolute Gasteiger partial charge is 0.496 e. The number of hydrogen-bond acceptors (Lipinski definition) is 6. The Labute approximate surface area is 176 Å². The Morgan fingerprint density at radius 2 is 2.00 bits per heavy atom.